The number of nitrogens with one attached hydrogen (secondary N) is 2. The second-order valence-electron chi connectivity index (χ2n) is 5.54. The molecule has 3 rings (SSSR count). The molecule has 0 aliphatic rings. The van der Waals surface area contributed by atoms with Crippen LogP contribution in [0.15, 0.2) is 42.5 Å². The van der Waals surface area contributed by atoms with Gasteiger partial charge in [0.15, 0.2) is 0 Å². The second-order valence-corrected chi connectivity index (χ2v) is 5.97. The minimum atomic E-state index is -0.474. The zero-order chi connectivity index (χ0) is 18.0. The van der Waals surface area contributed by atoms with Crippen LogP contribution in [0, 0.1) is 6.92 Å². The van der Waals surface area contributed by atoms with Crippen molar-refractivity contribution in [2.75, 3.05) is 11.9 Å². The predicted octanol–water partition coefficient (Wildman–Crippen LogP) is 4.56. The number of hydrogen-bond donors (Lipinski definition) is 2. The lowest BCUT2D eigenvalue weighted by Gasteiger charge is -2.10. The molecule has 25 heavy (non-hydrogen) atoms. The molecule has 0 radical (unpaired) electrons. The topological polar surface area (TPSA) is 71.2 Å². The Kier molecular flexibility index (Phi) is 4.76. The molecule has 0 aliphatic carbocycles. The van der Waals surface area contributed by atoms with E-state index >= 15 is 0 Å². The third-order valence-corrected chi connectivity index (χ3v) is 4.15. The lowest BCUT2D eigenvalue weighted by Crippen LogP contribution is -2.17. The molecule has 0 atom stereocenters. The summed E-state index contributed by atoms with van der Waals surface area (Å²) in [7, 11) is 0. The molecule has 2 N–H and O–H groups in total. The number of fused-ring (bicyclic) bond motifs is 1. The molecule has 128 valence electrons. The maximum Gasteiger partial charge on any atom is 0.340 e. The SMILES string of the molecule is CCOC(=O)c1ccccc1NC(=O)c1[nH]c2cc(Cl)ccc2c1C. The maximum atomic E-state index is 12.7. The minimum Gasteiger partial charge on any atom is -0.462 e. The van der Waals surface area contributed by atoms with E-state index in [0.29, 0.717) is 22.0 Å². The van der Waals surface area contributed by atoms with E-state index in [-0.39, 0.29) is 12.5 Å². The Bertz CT molecular complexity index is 962. The lowest BCUT2D eigenvalue weighted by molar-refractivity contribution is 0.0527. The number of carbonyl (C=O) groups excluding carboxylic acids is 2. The molecule has 1 heterocycles. The highest BCUT2D eigenvalue weighted by Gasteiger charge is 2.18. The van der Waals surface area contributed by atoms with E-state index in [1.807, 2.05) is 13.0 Å². The van der Waals surface area contributed by atoms with Crippen LogP contribution in [0.5, 0.6) is 0 Å². The van der Waals surface area contributed by atoms with E-state index < -0.39 is 5.97 Å². The highest BCUT2D eigenvalue weighted by atomic mass is 35.5. The summed E-state index contributed by atoms with van der Waals surface area (Å²) in [4.78, 5) is 27.8. The van der Waals surface area contributed by atoms with Gasteiger partial charge in [0.05, 0.1) is 17.9 Å². The molecule has 6 heteroatoms. The van der Waals surface area contributed by atoms with Gasteiger partial charge in [0.2, 0.25) is 0 Å². The molecule has 1 amide bonds. The van der Waals surface area contributed by atoms with Crippen LogP contribution in [-0.4, -0.2) is 23.5 Å². The highest BCUT2D eigenvalue weighted by molar-refractivity contribution is 6.31. The van der Waals surface area contributed by atoms with Crippen molar-refractivity contribution in [3.63, 3.8) is 0 Å². The Morgan fingerprint density at radius 2 is 1.96 bits per heavy atom. The van der Waals surface area contributed by atoms with E-state index in [4.69, 9.17) is 16.3 Å². The Balaban J connectivity index is 1.93. The van der Waals surface area contributed by atoms with Gasteiger partial charge < -0.3 is 15.0 Å². The summed E-state index contributed by atoms with van der Waals surface area (Å²) in [5.41, 5.74) is 2.75. The summed E-state index contributed by atoms with van der Waals surface area (Å²) in [6, 6.07) is 12.2. The van der Waals surface area contributed by atoms with Crippen LogP contribution in [0.1, 0.15) is 33.3 Å². The Hall–Kier alpha value is -2.79. The summed E-state index contributed by atoms with van der Waals surface area (Å²) in [5.74, 6) is -0.805. The largest absolute Gasteiger partial charge is 0.462 e. The Morgan fingerprint density at radius 3 is 2.72 bits per heavy atom. The third-order valence-electron chi connectivity index (χ3n) is 3.92. The fraction of sp³-hybridized carbons (Fsp3) is 0.158. The Morgan fingerprint density at radius 1 is 1.20 bits per heavy atom. The molecule has 0 saturated heterocycles. The molecule has 0 saturated carbocycles. The van der Waals surface area contributed by atoms with Crippen LogP contribution < -0.4 is 5.32 Å². The van der Waals surface area contributed by atoms with Gasteiger partial charge in [0, 0.05) is 15.9 Å². The minimum absolute atomic E-state index is 0.267. The van der Waals surface area contributed by atoms with Crippen LogP contribution in [0.3, 0.4) is 0 Å². The molecule has 3 aromatic rings. The number of amides is 1. The van der Waals surface area contributed by atoms with Crippen LogP contribution >= 0.6 is 11.6 Å². The summed E-state index contributed by atoms with van der Waals surface area (Å²) in [6.45, 7) is 3.86. The number of ether oxygens (including phenoxy) is 1. The fourth-order valence-electron chi connectivity index (χ4n) is 2.70. The first-order valence-corrected chi connectivity index (χ1v) is 8.24. The first kappa shape index (κ1) is 17.0. The van der Waals surface area contributed by atoms with Crippen molar-refractivity contribution >= 4 is 40.1 Å². The van der Waals surface area contributed by atoms with Gasteiger partial charge in [-0.1, -0.05) is 29.8 Å². The molecular weight excluding hydrogens is 340 g/mol. The first-order valence-electron chi connectivity index (χ1n) is 7.86. The molecule has 0 aliphatic heterocycles. The summed E-state index contributed by atoms with van der Waals surface area (Å²) < 4.78 is 5.03. The highest BCUT2D eigenvalue weighted by Crippen LogP contribution is 2.26. The molecule has 0 bridgehead atoms. The van der Waals surface area contributed by atoms with Crippen molar-refractivity contribution in [1.29, 1.82) is 0 Å². The number of rotatable bonds is 4. The van der Waals surface area contributed by atoms with Gasteiger partial charge in [0.1, 0.15) is 5.69 Å². The summed E-state index contributed by atoms with van der Waals surface area (Å²) in [6.07, 6.45) is 0. The fourth-order valence-corrected chi connectivity index (χ4v) is 2.87. The van der Waals surface area contributed by atoms with Crippen molar-refractivity contribution in [3.8, 4) is 0 Å². The molecular formula is C19H17ClN2O3. The van der Waals surface area contributed by atoms with Crippen molar-refractivity contribution in [3.05, 3.63) is 64.3 Å². The molecule has 0 spiro atoms. The van der Waals surface area contributed by atoms with E-state index in [9.17, 15) is 9.59 Å². The van der Waals surface area contributed by atoms with E-state index in [1.165, 1.54) is 0 Å². The zero-order valence-electron chi connectivity index (χ0n) is 13.9. The standard InChI is InChI=1S/C19H17ClN2O3/c1-3-25-19(24)14-6-4-5-7-15(14)22-18(23)17-11(2)13-9-8-12(20)10-16(13)21-17/h4-10,21H,3H2,1-2H3,(H,22,23). The number of anilines is 1. The van der Waals surface area contributed by atoms with Crippen molar-refractivity contribution in [2.45, 2.75) is 13.8 Å². The van der Waals surface area contributed by atoms with Gasteiger partial charge in [-0.2, -0.15) is 0 Å². The van der Waals surface area contributed by atoms with E-state index in [1.54, 1.807) is 43.3 Å². The number of hydrogen-bond acceptors (Lipinski definition) is 3. The van der Waals surface area contributed by atoms with Gasteiger partial charge in [0.25, 0.3) is 5.91 Å². The number of carbonyl (C=O) groups is 2. The normalized spacial score (nSPS) is 10.7. The van der Waals surface area contributed by atoms with Crippen LogP contribution in [0.2, 0.25) is 5.02 Å². The van der Waals surface area contributed by atoms with Crippen LogP contribution in [-0.2, 0) is 4.74 Å². The maximum absolute atomic E-state index is 12.7. The molecule has 0 fully saturated rings. The van der Waals surface area contributed by atoms with Gasteiger partial charge in [-0.25, -0.2) is 4.79 Å². The number of para-hydroxylation sites is 1. The summed E-state index contributed by atoms with van der Waals surface area (Å²) >= 11 is 6.00. The van der Waals surface area contributed by atoms with Gasteiger partial charge in [-0.3, -0.25) is 4.79 Å². The predicted molar refractivity (Wildman–Crippen MR) is 98.4 cm³/mol. The third kappa shape index (κ3) is 3.37. The first-order chi connectivity index (χ1) is 12.0. The number of esters is 1. The van der Waals surface area contributed by atoms with Gasteiger partial charge in [-0.15, -0.1) is 0 Å². The zero-order valence-corrected chi connectivity index (χ0v) is 14.6. The van der Waals surface area contributed by atoms with Crippen LogP contribution in [0.4, 0.5) is 5.69 Å². The monoisotopic (exact) mass is 356 g/mol. The second kappa shape index (κ2) is 6.99. The molecule has 2 aromatic carbocycles. The van der Waals surface area contributed by atoms with E-state index in [0.717, 1.165) is 16.5 Å². The van der Waals surface area contributed by atoms with Crippen molar-refractivity contribution < 1.29 is 14.3 Å². The number of aromatic amines is 1. The van der Waals surface area contributed by atoms with E-state index in [2.05, 4.69) is 10.3 Å². The van der Waals surface area contributed by atoms with Gasteiger partial charge in [-0.05, 0) is 43.7 Å². The average Bonchev–Trinajstić information content (AvgIpc) is 2.91. The lowest BCUT2D eigenvalue weighted by atomic mass is 10.1. The number of aryl methyl sites for hydroxylation is 1. The quantitative estimate of drug-likeness (QED) is 0.673. The summed E-state index contributed by atoms with van der Waals surface area (Å²) in [5, 5.41) is 4.29. The molecule has 5 nitrogen and oxygen atoms in total. The van der Waals surface area contributed by atoms with Gasteiger partial charge >= 0.3 is 5.97 Å². The smallest absolute Gasteiger partial charge is 0.340 e. The number of aromatic nitrogens is 1. The van der Waals surface area contributed by atoms with Crippen molar-refractivity contribution in [2.24, 2.45) is 0 Å². The number of halogens is 1. The molecule has 1 aromatic heterocycles. The molecule has 0 unspecified atom stereocenters. The number of benzene rings is 2. The Labute approximate surface area is 149 Å². The average molecular weight is 357 g/mol. The van der Waals surface area contributed by atoms with Crippen molar-refractivity contribution in [1.82, 2.24) is 4.98 Å². The van der Waals surface area contributed by atoms with Crippen LogP contribution in [0.25, 0.3) is 10.9 Å². The number of H-pyrrole nitrogens is 1.